The molecule has 5 nitrogen and oxygen atoms in total. The largest absolute Gasteiger partial charge is 0.299 e. The normalized spacial score (nSPS) is 25.3. The van der Waals surface area contributed by atoms with E-state index in [1.54, 1.807) is 16.6 Å². The molecule has 0 N–H and O–H groups in total. The molecule has 3 rings (SSSR count). The number of sulfonamides is 1. The fourth-order valence-electron chi connectivity index (χ4n) is 3.23. The van der Waals surface area contributed by atoms with Crippen LogP contribution in [0.2, 0.25) is 0 Å². The van der Waals surface area contributed by atoms with Gasteiger partial charge in [-0.1, -0.05) is 0 Å². The van der Waals surface area contributed by atoms with Crippen molar-refractivity contribution in [3.05, 3.63) is 22.9 Å². The number of halogens is 1. The molecule has 116 valence electrons. The van der Waals surface area contributed by atoms with Crippen LogP contribution in [0.1, 0.15) is 25.7 Å². The van der Waals surface area contributed by atoms with Crippen molar-refractivity contribution in [2.75, 3.05) is 26.2 Å². The van der Waals surface area contributed by atoms with E-state index in [9.17, 15) is 8.42 Å². The van der Waals surface area contributed by atoms with Crippen LogP contribution in [0.5, 0.6) is 0 Å². The van der Waals surface area contributed by atoms with Gasteiger partial charge in [0.1, 0.15) is 4.90 Å². The Morgan fingerprint density at radius 2 is 1.90 bits per heavy atom. The molecule has 0 saturated carbocycles. The molecule has 0 bridgehead atoms. The van der Waals surface area contributed by atoms with E-state index in [4.69, 9.17) is 0 Å². The molecule has 0 aliphatic carbocycles. The van der Waals surface area contributed by atoms with E-state index in [0.29, 0.717) is 23.6 Å². The topological polar surface area (TPSA) is 53.5 Å². The second-order valence-corrected chi connectivity index (χ2v) is 8.59. The Labute approximate surface area is 134 Å². The third-order valence-corrected chi connectivity index (χ3v) is 6.60. The molecule has 7 heteroatoms. The highest BCUT2D eigenvalue weighted by Gasteiger charge is 2.33. The lowest BCUT2D eigenvalue weighted by Crippen LogP contribution is -2.48. The zero-order chi connectivity index (χ0) is 14.9. The van der Waals surface area contributed by atoms with E-state index in [0.717, 1.165) is 25.9 Å². The molecule has 2 saturated heterocycles. The summed E-state index contributed by atoms with van der Waals surface area (Å²) in [5, 5.41) is 0. The Morgan fingerprint density at radius 1 is 1.14 bits per heavy atom. The van der Waals surface area contributed by atoms with E-state index >= 15 is 0 Å². The van der Waals surface area contributed by atoms with Crippen molar-refractivity contribution in [2.24, 2.45) is 0 Å². The number of piperidine rings is 1. The minimum absolute atomic E-state index is 0.277. The second kappa shape index (κ2) is 6.32. The smallest absolute Gasteiger partial charge is 0.244 e. The fourth-order valence-corrected chi connectivity index (χ4v) is 5.25. The van der Waals surface area contributed by atoms with Gasteiger partial charge in [0.15, 0.2) is 0 Å². The van der Waals surface area contributed by atoms with Crippen LogP contribution in [-0.4, -0.2) is 54.8 Å². The maximum Gasteiger partial charge on any atom is 0.244 e. The van der Waals surface area contributed by atoms with Gasteiger partial charge >= 0.3 is 0 Å². The van der Waals surface area contributed by atoms with Crippen molar-refractivity contribution in [3.63, 3.8) is 0 Å². The fraction of sp³-hybridized carbons (Fsp3) is 0.643. The summed E-state index contributed by atoms with van der Waals surface area (Å²) in [7, 11) is -3.43. The van der Waals surface area contributed by atoms with Gasteiger partial charge < -0.3 is 0 Å². The first-order valence-electron chi connectivity index (χ1n) is 7.42. The quantitative estimate of drug-likeness (QED) is 0.813. The summed E-state index contributed by atoms with van der Waals surface area (Å²) in [6.45, 7) is 3.43. The van der Waals surface area contributed by atoms with Gasteiger partial charge in [-0.25, -0.2) is 8.42 Å². The standard InChI is InChI=1S/C14H20BrN3O2S/c15-12-8-14(10-16-9-12)21(19,20)18-7-3-4-13(11-18)17-5-1-2-6-17/h8-10,13H,1-7,11H2. The third kappa shape index (κ3) is 3.31. The number of hydrogen-bond donors (Lipinski definition) is 0. The Bertz CT molecular complexity index is 602. The number of likely N-dealkylation sites (tertiary alicyclic amines) is 1. The molecule has 0 aromatic carbocycles. The van der Waals surface area contributed by atoms with Gasteiger partial charge in [-0.3, -0.25) is 9.88 Å². The molecular formula is C14H20BrN3O2S. The molecule has 2 fully saturated rings. The summed E-state index contributed by atoms with van der Waals surface area (Å²) in [5.41, 5.74) is 0. The molecule has 1 unspecified atom stereocenters. The first kappa shape index (κ1) is 15.4. The molecule has 3 heterocycles. The van der Waals surface area contributed by atoms with Gasteiger partial charge in [-0.15, -0.1) is 0 Å². The van der Waals surface area contributed by atoms with Crippen molar-refractivity contribution in [1.29, 1.82) is 0 Å². The van der Waals surface area contributed by atoms with Crippen LogP contribution in [0, 0.1) is 0 Å². The Balaban J connectivity index is 1.78. The van der Waals surface area contributed by atoms with Gasteiger partial charge in [0.25, 0.3) is 0 Å². The molecule has 0 amide bonds. The molecule has 1 aromatic rings. The van der Waals surface area contributed by atoms with Crippen LogP contribution in [-0.2, 0) is 10.0 Å². The van der Waals surface area contributed by atoms with Crippen LogP contribution in [0.25, 0.3) is 0 Å². The average molecular weight is 374 g/mol. The SMILES string of the molecule is O=S(=O)(c1cncc(Br)c1)N1CCCC(N2CCCC2)C1. The second-order valence-electron chi connectivity index (χ2n) is 5.74. The molecule has 0 radical (unpaired) electrons. The summed E-state index contributed by atoms with van der Waals surface area (Å²) in [4.78, 5) is 6.70. The van der Waals surface area contributed by atoms with E-state index in [1.807, 2.05) is 0 Å². The molecule has 0 spiro atoms. The Hall–Kier alpha value is -0.500. The van der Waals surface area contributed by atoms with Crippen LogP contribution in [0.4, 0.5) is 0 Å². The van der Waals surface area contributed by atoms with Crippen LogP contribution >= 0.6 is 15.9 Å². The lowest BCUT2D eigenvalue weighted by atomic mass is 10.1. The number of rotatable bonds is 3. The molecule has 2 aliphatic heterocycles. The number of hydrogen-bond acceptors (Lipinski definition) is 4. The number of pyridine rings is 1. The highest BCUT2D eigenvalue weighted by atomic mass is 79.9. The van der Waals surface area contributed by atoms with Gasteiger partial charge in [0.05, 0.1) is 0 Å². The van der Waals surface area contributed by atoms with Crippen LogP contribution in [0.15, 0.2) is 27.8 Å². The van der Waals surface area contributed by atoms with E-state index < -0.39 is 10.0 Å². The van der Waals surface area contributed by atoms with Crippen molar-refractivity contribution in [1.82, 2.24) is 14.2 Å². The maximum absolute atomic E-state index is 12.7. The summed E-state index contributed by atoms with van der Waals surface area (Å²) < 4.78 is 27.8. The first-order valence-corrected chi connectivity index (χ1v) is 9.65. The van der Waals surface area contributed by atoms with Gasteiger partial charge in [-0.2, -0.15) is 4.31 Å². The van der Waals surface area contributed by atoms with E-state index in [1.165, 1.54) is 19.0 Å². The monoisotopic (exact) mass is 373 g/mol. The van der Waals surface area contributed by atoms with Gasteiger partial charge in [0.2, 0.25) is 10.0 Å². The zero-order valence-corrected chi connectivity index (χ0v) is 14.3. The molecule has 21 heavy (non-hydrogen) atoms. The number of aromatic nitrogens is 1. The number of nitrogens with zero attached hydrogens (tertiary/aromatic N) is 3. The molecule has 1 aromatic heterocycles. The first-order chi connectivity index (χ1) is 10.1. The lowest BCUT2D eigenvalue weighted by Gasteiger charge is -2.36. The highest BCUT2D eigenvalue weighted by molar-refractivity contribution is 9.10. The molecule has 2 aliphatic rings. The Morgan fingerprint density at radius 3 is 2.62 bits per heavy atom. The predicted octanol–water partition coefficient (Wildman–Crippen LogP) is 2.09. The maximum atomic E-state index is 12.7. The molecular weight excluding hydrogens is 354 g/mol. The van der Waals surface area contributed by atoms with Gasteiger partial charge in [0, 0.05) is 36.0 Å². The van der Waals surface area contributed by atoms with Gasteiger partial charge in [-0.05, 0) is 60.8 Å². The predicted molar refractivity (Wildman–Crippen MR) is 84.5 cm³/mol. The van der Waals surface area contributed by atoms with E-state index in [-0.39, 0.29) is 4.90 Å². The summed E-state index contributed by atoms with van der Waals surface area (Å²) in [6, 6.07) is 2.00. The van der Waals surface area contributed by atoms with Crippen LogP contribution in [0.3, 0.4) is 0 Å². The third-order valence-electron chi connectivity index (χ3n) is 4.33. The van der Waals surface area contributed by atoms with Crippen molar-refractivity contribution >= 4 is 26.0 Å². The summed E-state index contributed by atoms with van der Waals surface area (Å²) in [6.07, 6.45) is 7.53. The lowest BCUT2D eigenvalue weighted by molar-refractivity contribution is 0.162. The minimum atomic E-state index is -3.43. The van der Waals surface area contributed by atoms with Crippen molar-refractivity contribution in [3.8, 4) is 0 Å². The average Bonchev–Trinajstić information content (AvgIpc) is 3.02. The summed E-state index contributed by atoms with van der Waals surface area (Å²) >= 11 is 3.29. The highest BCUT2D eigenvalue weighted by Crippen LogP contribution is 2.25. The minimum Gasteiger partial charge on any atom is -0.299 e. The zero-order valence-electron chi connectivity index (χ0n) is 11.9. The van der Waals surface area contributed by atoms with E-state index in [2.05, 4.69) is 25.8 Å². The summed E-state index contributed by atoms with van der Waals surface area (Å²) in [5.74, 6) is 0. The van der Waals surface area contributed by atoms with Crippen molar-refractivity contribution in [2.45, 2.75) is 36.6 Å². The van der Waals surface area contributed by atoms with Crippen molar-refractivity contribution < 1.29 is 8.42 Å². The molecule has 1 atom stereocenters. The van der Waals surface area contributed by atoms with Crippen LogP contribution < -0.4 is 0 Å². The Kier molecular flexibility index (Phi) is 4.63.